The summed E-state index contributed by atoms with van der Waals surface area (Å²) in [6.07, 6.45) is 5.41. The molecular formula is C19H24FN3O2. The second-order valence-corrected chi connectivity index (χ2v) is 6.36. The highest BCUT2D eigenvalue weighted by Gasteiger charge is 2.24. The lowest BCUT2D eigenvalue weighted by atomic mass is 9.92. The fourth-order valence-electron chi connectivity index (χ4n) is 3.36. The number of ether oxygens (including phenoxy) is 1. The maximum Gasteiger partial charge on any atom is 0.221 e. The molecular weight excluding hydrogens is 321 g/mol. The third-order valence-electron chi connectivity index (χ3n) is 4.65. The SMILES string of the molecule is COCCNC(=O)CC(c1ccc(F)cc1)c1cnc2n1CCCC2. The summed E-state index contributed by atoms with van der Waals surface area (Å²) >= 11 is 0. The number of rotatable bonds is 7. The molecule has 0 bridgehead atoms. The summed E-state index contributed by atoms with van der Waals surface area (Å²) in [6.45, 7) is 1.89. The standard InChI is InChI=1S/C19H24FN3O2/c1-25-11-9-21-19(24)12-16(14-5-7-15(20)8-6-14)17-13-22-18-4-2-3-10-23(17)18/h5-8,13,16H,2-4,9-12H2,1H3,(H,21,24). The Morgan fingerprint density at radius 3 is 2.92 bits per heavy atom. The number of fused-ring (bicyclic) bond motifs is 1. The van der Waals surface area contributed by atoms with Crippen molar-refractivity contribution in [3.8, 4) is 0 Å². The number of methoxy groups -OCH3 is 1. The van der Waals surface area contributed by atoms with E-state index in [0.717, 1.165) is 42.9 Å². The first-order valence-corrected chi connectivity index (χ1v) is 8.74. The molecule has 0 saturated heterocycles. The lowest BCUT2D eigenvalue weighted by molar-refractivity contribution is -0.121. The molecule has 5 nitrogen and oxygen atoms in total. The van der Waals surface area contributed by atoms with Gasteiger partial charge in [-0.3, -0.25) is 4.79 Å². The maximum absolute atomic E-state index is 13.3. The number of benzene rings is 1. The zero-order chi connectivity index (χ0) is 17.6. The van der Waals surface area contributed by atoms with E-state index < -0.39 is 0 Å². The maximum atomic E-state index is 13.3. The lowest BCUT2D eigenvalue weighted by Crippen LogP contribution is -2.29. The fourth-order valence-corrected chi connectivity index (χ4v) is 3.36. The van der Waals surface area contributed by atoms with Gasteiger partial charge in [0.1, 0.15) is 11.6 Å². The topological polar surface area (TPSA) is 56.1 Å². The third kappa shape index (κ3) is 4.25. The molecule has 1 unspecified atom stereocenters. The molecule has 1 aromatic heterocycles. The first-order chi connectivity index (χ1) is 12.2. The van der Waals surface area contributed by atoms with Crippen molar-refractivity contribution in [1.29, 1.82) is 0 Å². The zero-order valence-electron chi connectivity index (χ0n) is 14.5. The Balaban J connectivity index is 1.85. The minimum Gasteiger partial charge on any atom is -0.383 e. The second kappa shape index (κ2) is 8.25. The lowest BCUT2D eigenvalue weighted by Gasteiger charge is -2.22. The second-order valence-electron chi connectivity index (χ2n) is 6.36. The van der Waals surface area contributed by atoms with Crippen molar-refractivity contribution in [3.05, 3.63) is 53.4 Å². The molecule has 0 spiro atoms. The van der Waals surface area contributed by atoms with Crippen LogP contribution in [0.25, 0.3) is 0 Å². The van der Waals surface area contributed by atoms with Gasteiger partial charge in [-0.2, -0.15) is 0 Å². The van der Waals surface area contributed by atoms with E-state index in [2.05, 4.69) is 14.9 Å². The smallest absolute Gasteiger partial charge is 0.221 e. The number of hydrogen-bond acceptors (Lipinski definition) is 3. The molecule has 3 rings (SSSR count). The highest BCUT2D eigenvalue weighted by Crippen LogP contribution is 2.31. The van der Waals surface area contributed by atoms with Gasteiger partial charge in [0.2, 0.25) is 5.91 Å². The van der Waals surface area contributed by atoms with Gasteiger partial charge < -0.3 is 14.6 Å². The van der Waals surface area contributed by atoms with E-state index >= 15 is 0 Å². The predicted octanol–water partition coefficient (Wildman–Crippen LogP) is 2.64. The van der Waals surface area contributed by atoms with Crippen LogP contribution in [0.15, 0.2) is 30.5 Å². The minimum absolute atomic E-state index is 0.0438. The molecule has 1 aromatic carbocycles. The molecule has 1 amide bonds. The summed E-state index contributed by atoms with van der Waals surface area (Å²) in [4.78, 5) is 16.9. The molecule has 0 aliphatic carbocycles. The van der Waals surface area contributed by atoms with Gasteiger partial charge in [0, 0.05) is 50.8 Å². The van der Waals surface area contributed by atoms with Gasteiger partial charge in [-0.25, -0.2) is 9.37 Å². The minimum atomic E-state index is -0.276. The summed E-state index contributed by atoms with van der Waals surface area (Å²) in [5.74, 6) is 0.621. The first kappa shape index (κ1) is 17.6. The molecule has 134 valence electrons. The van der Waals surface area contributed by atoms with Crippen molar-refractivity contribution in [3.63, 3.8) is 0 Å². The van der Waals surface area contributed by atoms with Crippen molar-refractivity contribution in [2.75, 3.05) is 20.3 Å². The Hall–Kier alpha value is -2.21. The number of hydrogen-bond donors (Lipinski definition) is 1. The van der Waals surface area contributed by atoms with E-state index in [1.807, 2.05) is 6.20 Å². The van der Waals surface area contributed by atoms with Gasteiger partial charge in [-0.1, -0.05) is 12.1 Å². The summed E-state index contributed by atoms with van der Waals surface area (Å²) < 4.78 is 20.5. The van der Waals surface area contributed by atoms with Crippen LogP contribution < -0.4 is 5.32 Å². The number of carbonyl (C=O) groups excluding carboxylic acids is 1. The van der Waals surface area contributed by atoms with Crippen LogP contribution in [-0.2, 0) is 22.5 Å². The van der Waals surface area contributed by atoms with E-state index in [9.17, 15) is 9.18 Å². The van der Waals surface area contributed by atoms with Crippen LogP contribution in [0.2, 0.25) is 0 Å². The summed E-state index contributed by atoms with van der Waals surface area (Å²) in [6, 6.07) is 6.40. The van der Waals surface area contributed by atoms with Crippen molar-refractivity contribution in [1.82, 2.24) is 14.9 Å². The van der Waals surface area contributed by atoms with Crippen LogP contribution in [0.3, 0.4) is 0 Å². The summed E-state index contributed by atoms with van der Waals surface area (Å²) in [5.41, 5.74) is 1.96. The van der Waals surface area contributed by atoms with Crippen LogP contribution >= 0.6 is 0 Å². The van der Waals surface area contributed by atoms with Gasteiger partial charge in [0.05, 0.1) is 6.61 Å². The Bertz CT molecular complexity index is 712. The van der Waals surface area contributed by atoms with E-state index in [-0.39, 0.29) is 17.6 Å². The largest absolute Gasteiger partial charge is 0.383 e. The number of imidazole rings is 1. The number of nitrogens with one attached hydrogen (secondary N) is 1. The van der Waals surface area contributed by atoms with Gasteiger partial charge in [0.25, 0.3) is 0 Å². The number of aryl methyl sites for hydroxylation is 1. The molecule has 0 fully saturated rings. The molecule has 1 aliphatic heterocycles. The van der Waals surface area contributed by atoms with Crippen LogP contribution in [-0.4, -0.2) is 35.7 Å². The van der Waals surface area contributed by atoms with E-state index in [0.29, 0.717) is 19.6 Å². The van der Waals surface area contributed by atoms with Gasteiger partial charge >= 0.3 is 0 Å². The van der Waals surface area contributed by atoms with Crippen molar-refractivity contribution in [2.24, 2.45) is 0 Å². The molecule has 0 saturated carbocycles. The van der Waals surface area contributed by atoms with E-state index in [1.165, 1.54) is 12.1 Å². The quantitative estimate of drug-likeness (QED) is 0.785. The Labute approximate surface area is 147 Å². The first-order valence-electron chi connectivity index (χ1n) is 8.74. The number of aromatic nitrogens is 2. The molecule has 2 heterocycles. The Morgan fingerprint density at radius 1 is 1.36 bits per heavy atom. The molecule has 0 radical (unpaired) electrons. The predicted molar refractivity (Wildman–Crippen MR) is 92.9 cm³/mol. The van der Waals surface area contributed by atoms with Crippen molar-refractivity contribution in [2.45, 2.75) is 38.1 Å². The Morgan fingerprint density at radius 2 is 2.16 bits per heavy atom. The highest BCUT2D eigenvalue weighted by molar-refractivity contribution is 5.77. The van der Waals surface area contributed by atoms with E-state index in [1.54, 1.807) is 19.2 Å². The number of amides is 1. The highest BCUT2D eigenvalue weighted by atomic mass is 19.1. The molecule has 2 aromatic rings. The molecule has 1 N–H and O–H groups in total. The zero-order valence-corrected chi connectivity index (χ0v) is 14.5. The average Bonchev–Trinajstić information content (AvgIpc) is 3.05. The molecule has 1 aliphatic rings. The number of nitrogens with zero attached hydrogens (tertiary/aromatic N) is 2. The molecule has 6 heteroatoms. The van der Waals surface area contributed by atoms with E-state index in [4.69, 9.17) is 4.74 Å². The monoisotopic (exact) mass is 345 g/mol. The molecule has 25 heavy (non-hydrogen) atoms. The van der Waals surface area contributed by atoms with Crippen molar-refractivity contribution < 1.29 is 13.9 Å². The molecule has 1 atom stereocenters. The summed E-state index contributed by atoms with van der Waals surface area (Å²) in [7, 11) is 1.60. The number of halogens is 1. The third-order valence-corrected chi connectivity index (χ3v) is 4.65. The van der Waals surface area contributed by atoms with Crippen LogP contribution in [0.5, 0.6) is 0 Å². The fraction of sp³-hybridized carbons (Fsp3) is 0.474. The Kier molecular flexibility index (Phi) is 5.81. The van der Waals surface area contributed by atoms with Gasteiger partial charge in [-0.15, -0.1) is 0 Å². The summed E-state index contributed by atoms with van der Waals surface area (Å²) in [5, 5.41) is 2.87. The average molecular weight is 345 g/mol. The van der Waals surface area contributed by atoms with Crippen LogP contribution in [0.4, 0.5) is 4.39 Å². The van der Waals surface area contributed by atoms with Crippen LogP contribution in [0.1, 0.15) is 42.3 Å². The van der Waals surface area contributed by atoms with Gasteiger partial charge in [-0.05, 0) is 30.5 Å². The van der Waals surface area contributed by atoms with Crippen molar-refractivity contribution >= 4 is 5.91 Å². The number of carbonyl (C=O) groups is 1. The normalized spacial score (nSPS) is 14.8. The van der Waals surface area contributed by atoms with Gasteiger partial charge in [0.15, 0.2) is 0 Å². The van der Waals surface area contributed by atoms with Crippen LogP contribution in [0, 0.1) is 5.82 Å².